The van der Waals surface area contributed by atoms with Gasteiger partial charge in [0.2, 0.25) is 0 Å². The number of halogens is 2. The van der Waals surface area contributed by atoms with Crippen molar-refractivity contribution >= 4 is 28.8 Å². The van der Waals surface area contributed by atoms with Gasteiger partial charge in [-0.2, -0.15) is 0 Å². The lowest BCUT2D eigenvalue weighted by Crippen LogP contribution is -2.02. The molecule has 0 atom stereocenters. The van der Waals surface area contributed by atoms with Gasteiger partial charge in [0.1, 0.15) is 5.82 Å². The Labute approximate surface area is 120 Å². The van der Waals surface area contributed by atoms with Crippen molar-refractivity contribution < 1.29 is 9.18 Å². The second kappa shape index (κ2) is 5.10. The number of carbonyl (C=O) groups is 1. The Morgan fingerprint density at radius 1 is 1.15 bits per heavy atom. The molecule has 0 N–H and O–H groups in total. The van der Waals surface area contributed by atoms with Crippen LogP contribution in [0.25, 0.3) is 10.9 Å². The average molecular weight is 288 g/mol. The predicted octanol–water partition coefficient (Wildman–Crippen LogP) is 4.29. The maximum absolute atomic E-state index is 14.0. The van der Waals surface area contributed by atoms with Gasteiger partial charge in [-0.05, 0) is 18.2 Å². The van der Waals surface area contributed by atoms with Crippen LogP contribution in [-0.4, -0.2) is 10.9 Å². The molecule has 1 heterocycles. The van der Waals surface area contributed by atoms with E-state index in [0.717, 1.165) is 17.2 Å². The Morgan fingerprint density at radius 2 is 1.95 bits per heavy atom. The summed E-state index contributed by atoms with van der Waals surface area (Å²) in [6, 6.07) is 12.3. The van der Waals surface area contributed by atoms with Crippen LogP contribution in [0.2, 0.25) is 5.02 Å². The zero-order valence-corrected chi connectivity index (χ0v) is 11.3. The fraction of sp³-hybridized carbons (Fsp3) is 0.0625. The molecule has 3 rings (SSSR count). The molecule has 0 aliphatic heterocycles. The van der Waals surface area contributed by atoms with Gasteiger partial charge < -0.3 is 4.57 Å². The zero-order chi connectivity index (χ0) is 14.1. The van der Waals surface area contributed by atoms with Crippen molar-refractivity contribution in [3.8, 4) is 0 Å². The first-order chi connectivity index (χ1) is 9.70. The molecule has 0 aliphatic rings. The minimum atomic E-state index is -0.417. The second-order valence-electron chi connectivity index (χ2n) is 4.56. The molecule has 0 fully saturated rings. The van der Waals surface area contributed by atoms with Gasteiger partial charge in [-0.25, -0.2) is 4.39 Å². The van der Waals surface area contributed by atoms with E-state index in [1.54, 1.807) is 18.2 Å². The van der Waals surface area contributed by atoms with Crippen molar-refractivity contribution in [2.45, 2.75) is 6.54 Å². The van der Waals surface area contributed by atoms with Gasteiger partial charge in [-0.3, -0.25) is 4.79 Å². The smallest absolute Gasteiger partial charge is 0.152 e. The van der Waals surface area contributed by atoms with Crippen LogP contribution in [0.15, 0.2) is 48.7 Å². The predicted molar refractivity (Wildman–Crippen MR) is 77.8 cm³/mol. The summed E-state index contributed by atoms with van der Waals surface area (Å²) in [6.45, 7) is 0.334. The first-order valence-corrected chi connectivity index (χ1v) is 6.54. The molecular formula is C16H11ClFNO. The number of para-hydroxylation sites is 1. The van der Waals surface area contributed by atoms with Crippen LogP contribution in [-0.2, 0) is 6.54 Å². The Hall–Kier alpha value is -2.13. The van der Waals surface area contributed by atoms with Gasteiger partial charge in [-0.1, -0.05) is 35.9 Å². The Morgan fingerprint density at radius 3 is 2.75 bits per heavy atom. The van der Waals surface area contributed by atoms with E-state index in [2.05, 4.69) is 0 Å². The maximum Gasteiger partial charge on any atom is 0.152 e. The first kappa shape index (κ1) is 12.9. The van der Waals surface area contributed by atoms with Crippen molar-refractivity contribution in [2.75, 3.05) is 0 Å². The molecule has 0 saturated heterocycles. The van der Waals surface area contributed by atoms with Crippen LogP contribution in [0.3, 0.4) is 0 Å². The normalized spacial score (nSPS) is 10.9. The van der Waals surface area contributed by atoms with Crippen molar-refractivity contribution in [1.82, 2.24) is 4.57 Å². The molecule has 20 heavy (non-hydrogen) atoms. The Balaban J connectivity index is 2.11. The van der Waals surface area contributed by atoms with Crippen LogP contribution >= 0.6 is 11.6 Å². The first-order valence-electron chi connectivity index (χ1n) is 6.16. The summed E-state index contributed by atoms with van der Waals surface area (Å²) in [7, 11) is 0. The standard InChI is InChI=1S/C16H11ClFNO/c17-14-6-2-4-12(15(14)18)9-19-8-7-11-3-1-5-13(10-20)16(11)19/h1-8,10H,9H2. The van der Waals surface area contributed by atoms with E-state index >= 15 is 0 Å². The van der Waals surface area contributed by atoms with E-state index in [4.69, 9.17) is 11.6 Å². The third kappa shape index (κ3) is 2.10. The van der Waals surface area contributed by atoms with Crippen LogP contribution in [0.5, 0.6) is 0 Å². The lowest BCUT2D eigenvalue weighted by Gasteiger charge is -2.09. The molecule has 0 aliphatic carbocycles. The molecule has 0 bridgehead atoms. The van der Waals surface area contributed by atoms with Gasteiger partial charge in [-0.15, -0.1) is 0 Å². The number of hydrogen-bond acceptors (Lipinski definition) is 1. The van der Waals surface area contributed by atoms with Crippen molar-refractivity contribution in [3.05, 3.63) is 70.6 Å². The van der Waals surface area contributed by atoms with Gasteiger partial charge in [0.15, 0.2) is 6.29 Å². The summed E-state index contributed by atoms with van der Waals surface area (Å²) < 4.78 is 15.8. The third-order valence-corrected chi connectivity index (χ3v) is 3.61. The summed E-state index contributed by atoms with van der Waals surface area (Å²) in [5, 5.41) is 1.06. The van der Waals surface area contributed by atoms with Gasteiger partial charge in [0.05, 0.1) is 17.1 Å². The van der Waals surface area contributed by atoms with Gasteiger partial charge >= 0.3 is 0 Å². The third-order valence-electron chi connectivity index (χ3n) is 3.32. The molecule has 2 nitrogen and oxygen atoms in total. The fourth-order valence-electron chi connectivity index (χ4n) is 2.37. The summed E-state index contributed by atoms with van der Waals surface area (Å²) >= 11 is 5.79. The minimum Gasteiger partial charge on any atom is -0.342 e. The Bertz CT molecular complexity index is 794. The Kier molecular flexibility index (Phi) is 3.28. The summed E-state index contributed by atoms with van der Waals surface area (Å²) in [5.41, 5.74) is 1.90. The van der Waals surface area contributed by atoms with E-state index in [1.807, 2.05) is 29.0 Å². The SMILES string of the molecule is O=Cc1cccc2ccn(Cc3cccc(Cl)c3F)c12. The minimum absolute atomic E-state index is 0.106. The highest BCUT2D eigenvalue weighted by Gasteiger charge is 2.10. The molecule has 0 amide bonds. The number of fused-ring (bicyclic) bond motifs is 1. The van der Waals surface area contributed by atoms with Crippen molar-refractivity contribution in [1.29, 1.82) is 0 Å². The van der Waals surface area contributed by atoms with E-state index in [1.165, 1.54) is 6.07 Å². The molecule has 4 heteroatoms. The van der Waals surface area contributed by atoms with Gasteiger partial charge in [0.25, 0.3) is 0 Å². The number of hydrogen-bond donors (Lipinski definition) is 0. The van der Waals surface area contributed by atoms with Crippen LogP contribution in [0.1, 0.15) is 15.9 Å². The molecule has 0 spiro atoms. The number of nitrogens with zero attached hydrogens (tertiary/aromatic N) is 1. The summed E-state index contributed by atoms with van der Waals surface area (Å²) in [6.07, 6.45) is 2.66. The molecule has 100 valence electrons. The van der Waals surface area contributed by atoms with E-state index in [9.17, 15) is 9.18 Å². The number of rotatable bonds is 3. The topological polar surface area (TPSA) is 22.0 Å². The molecule has 0 saturated carbocycles. The van der Waals surface area contributed by atoms with E-state index in [-0.39, 0.29) is 5.02 Å². The quantitative estimate of drug-likeness (QED) is 0.659. The van der Waals surface area contributed by atoms with Gasteiger partial charge in [0, 0.05) is 22.7 Å². The zero-order valence-electron chi connectivity index (χ0n) is 10.5. The fourth-order valence-corrected chi connectivity index (χ4v) is 2.57. The molecule has 0 radical (unpaired) electrons. The van der Waals surface area contributed by atoms with Crippen LogP contribution in [0, 0.1) is 5.82 Å². The van der Waals surface area contributed by atoms with Crippen molar-refractivity contribution in [2.24, 2.45) is 0 Å². The van der Waals surface area contributed by atoms with E-state index in [0.29, 0.717) is 17.7 Å². The number of aromatic nitrogens is 1. The van der Waals surface area contributed by atoms with E-state index < -0.39 is 5.82 Å². The largest absolute Gasteiger partial charge is 0.342 e. The van der Waals surface area contributed by atoms with Crippen LogP contribution in [0.4, 0.5) is 4.39 Å². The molecule has 3 aromatic rings. The highest BCUT2D eigenvalue weighted by molar-refractivity contribution is 6.30. The lowest BCUT2D eigenvalue weighted by molar-refractivity contribution is 0.112. The molecular weight excluding hydrogens is 277 g/mol. The summed E-state index contributed by atoms with van der Waals surface area (Å²) in [5.74, 6) is -0.417. The monoisotopic (exact) mass is 287 g/mol. The number of carbonyl (C=O) groups excluding carboxylic acids is 1. The molecule has 2 aromatic carbocycles. The second-order valence-corrected chi connectivity index (χ2v) is 4.97. The highest BCUT2D eigenvalue weighted by atomic mass is 35.5. The molecule has 1 aromatic heterocycles. The average Bonchev–Trinajstić information content (AvgIpc) is 2.87. The maximum atomic E-state index is 14.0. The lowest BCUT2D eigenvalue weighted by atomic mass is 10.1. The number of aldehydes is 1. The summed E-state index contributed by atoms with van der Waals surface area (Å²) in [4.78, 5) is 11.1. The number of benzene rings is 2. The van der Waals surface area contributed by atoms with Crippen molar-refractivity contribution in [3.63, 3.8) is 0 Å². The van der Waals surface area contributed by atoms with Crippen LogP contribution < -0.4 is 0 Å². The highest BCUT2D eigenvalue weighted by Crippen LogP contribution is 2.23. The molecule has 0 unspecified atom stereocenters.